The van der Waals surface area contributed by atoms with Crippen molar-refractivity contribution in [1.29, 1.82) is 5.26 Å². The average molecular weight is 338 g/mol. The molecule has 1 aliphatic rings. The van der Waals surface area contributed by atoms with Gasteiger partial charge in [0.2, 0.25) is 5.88 Å². The molecule has 0 amide bonds. The highest BCUT2D eigenvalue weighted by Crippen LogP contribution is 2.46. The fourth-order valence-electron chi connectivity index (χ4n) is 2.96. The molecular formula is C20H22N2O3. The minimum Gasteiger partial charge on any atom is -0.473 e. The van der Waals surface area contributed by atoms with Gasteiger partial charge >= 0.3 is 0 Å². The van der Waals surface area contributed by atoms with Crippen LogP contribution in [0, 0.1) is 11.3 Å². The molecule has 130 valence electrons. The maximum Gasteiger partial charge on any atom is 0.213 e. The van der Waals surface area contributed by atoms with Gasteiger partial charge in [0.15, 0.2) is 6.10 Å². The van der Waals surface area contributed by atoms with Gasteiger partial charge in [-0.05, 0) is 23.6 Å². The van der Waals surface area contributed by atoms with Crippen LogP contribution in [-0.2, 0) is 16.1 Å². The van der Waals surface area contributed by atoms with E-state index in [1.54, 1.807) is 13.3 Å². The molecule has 1 aliphatic heterocycles. The number of hydrogen-bond donors (Lipinski definition) is 0. The number of ether oxygens (including phenoxy) is 3. The van der Waals surface area contributed by atoms with Gasteiger partial charge in [-0.15, -0.1) is 0 Å². The highest BCUT2D eigenvalue weighted by molar-refractivity contribution is 5.23. The van der Waals surface area contributed by atoms with Crippen LogP contribution in [0.2, 0.25) is 0 Å². The van der Waals surface area contributed by atoms with Gasteiger partial charge in [0.05, 0.1) is 12.2 Å². The lowest BCUT2D eigenvalue weighted by Crippen LogP contribution is -2.19. The number of pyridine rings is 1. The Labute approximate surface area is 148 Å². The van der Waals surface area contributed by atoms with Crippen LogP contribution in [0.15, 0.2) is 48.7 Å². The monoisotopic (exact) mass is 338 g/mol. The Morgan fingerprint density at radius 1 is 1.28 bits per heavy atom. The van der Waals surface area contributed by atoms with Crippen LogP contribution in [-0.4, -0.2) is 23.8 Å². The van der Waals surface area contributed by atoms with E-state index >= 15 is 0 Å². The molecule has 2 heterocycles. The molecule has 5 nitrogen and oxygen atoms in total. The van der Waals surface area contributed by atoms with Crippen molar-refractivity contribution in [2.45, 2.75) is 44.2 Å². The molecular weight excluding hydrogens is 316 g/mol. The predicted octanol–water partition coefficient (Wildman–Crippen LogP) is 3.81. The second-order valence-electron chi connectivity index (χ2n) is 6.18. The van der Waals surface area contributed by atoms with Crippen molar-refractivity contribution in [3.63, 3.8) is 0 Å². The molecule has 3 atom stereocenters. The Morgan fingerprint density at radius 3 is 2.64 bits per heavy atom. The number of rotatable bonds is 8. The average Bonchev–Trinajstić information content (AvgIpc) is 3.39. The first-order valence-corrected chi connectivity index (χ1v) is 8.43. The summed E-state index contributed by atoms with van der Waals surface area (Å²) in [6.07, 6.45) is 2.70. The zero-order chi connectivity index (χ0) is 17.7. The maximum absolute atomic E-state index is 9.07. The van der Waals surface area contributed by atoms with Crippen molar-refractivity contribution in [2.24, 2.45) is 0 Å². The maximum atomic E-state index is 9.07. The number of epoxide rings is 1. The molecule has 1 saturated heterocycles. The normalized spacial score (nSPS) is 22.8. The van der Waals surface area contributed by atoms with E-state index in [-0.39, 0.29) is 12.2 Å². The van der Waals surface area contributed by atoms with Gasteiger partial charge in [-0.2, -0.15) is 5.26 Å². The molecule has 0 spiro atoms. The first-order valence-electron chi connectivity index (χ1n) is 8.43. The number of nitrogens with zero attached hydrogens (tertiary/aromatic N) is 2. The van der Waals surface area contributed by atoms with E-state index in [1.165, 1.54) is 0 Å². The number of hydrogen-bond acceptors (Lipinski definition) is 5. The van der Waals surface area contributed by atoms with Gasteiger partial charge in [-0.1, -0.05) is 37.3 Å². The van der Waals surface area contributed by atoms with E-state index in [1.807, 2.05) is 49.4 Å². The minimum absolute atomic E-state index is 0.158. The fourth-order valence-corrected chi connectivity index (χ4v) is 2.96. The zero-order valence-corrected chi connectivity index (χ0v) is 14.5. The summed E-state index contributed by atoms with van der Waals surface area (Å²) >= 11 is 0. The summed E-state index contributed by atoms with van der Waals surface area (Å²) < 4.78 is 16.9. The lowest BCUT2D eigenvalue weighted by molar-refractivity contribution is 0.0688. The quantitative estimate of drug-likeness (QED) is 0.685. The molecule has 0 radical (unpaired) electrons. The summed E-state index contributed by atoms with van der Waals surface area (Å²) in [5, 5.41) is 9.07. The van der Waals surface area contributed by atoms with Crippen LogP contribution in [0.5, 0.6) is 5.88 Å². The van der Waals surface area contributed by atoms with Gasteiger partial charge in [0, 0.05) is 25.8 Å². The number of methoxy groups -OCH3 is 1. The Morgan fingerprint density at radius 2 is 2.08 bits per heavy atom. The molecule has 25 heavy (non-hydrogen) atoms. The summed E-state index contributed by atoms with van der Waals surface area (Å²) in [6, 6.07) is 16.0. The zero-order valence-electron chi connectivity index (χ0n) is 14.5. The van der Waals surface area contributed by atoms with Crippen LogP contribution in [0.1, 0.15) is 37.0 Å². The molecule has 1 aromatic heterocycles. The lowest BCUT2D eigenvalue weighted by Gasteiger charge is -2.19. The minimum atomic E-state index is -0.391. The standard InChI is InChI=1S/C20H22N2O3/c1-3-20(18(12-21)25-20)11-17(23-2)16-9-10-19(22-13-16)24-14-15-7-5-4-6-8-15/h4-10,13,17-18H,3,11,14H2,1-2H3. The summed E-state index contributed by atoms with van der Waals surface area (Å²) in [4.78, 5) is 4.37. The van der Waals surface area contributed by atoms with Crippen LogP contribution in [0.4, 0.5) is 0 Å². The van der Waals surface area contributed by atoms with Gasteiger partial charge < -0.3 is 14.2 Å². The fraction of sp³-hybridized carbons (Fsp3) is 0.400. The highest BCUT2D eigenvalue weighted by atomic mass is 16.6. The van der Waals surface area contributed by atoms with Crippen molar-refractivity contribution in [2.75, 3.05) is 7.11 Å². The molecule has 1 aromatic carbocycles. The second-order valence-corrected chi connectivity index (χ2v) is 6.18. The van der Waals surface area contributed by atoms with E-state index < -0.39 is 5.60 Å². The van der Waals surface area contributed by atoms with Crippen molar-refractivity contribution in [3.8, 4) is 11.9 Å². The molecule has 2 aromatic rings. The number of nitriles is 1. The molecule has 0 bridgehead atoms. The molecule has 0 saturated carbocycles. The van der Waals surface area contributed by atoms with Crippen molar-refractivity contribution >= 4 is 0 Å². The smallest absolute Gasteiger partial charge is 0.213 e. The summed E-state index contributed by atoms with van der Waals surface area (Å²) in [5.41, 5.74) is 1.66. The van der Waals surface area contributed by atoms with Crippen LogP contribution in [0.25, 0.3) is 0 Å². The second kappa shape index (κ2) is 7.64. The van der Waals surface area contributed by atoms with E-state index in [0.29, 0.717) is 18.9 Å². The van der Waals surface area contributed by atoms with Gasteiger partial charge in [0.25, 0.3) is 0 Å². The number of aromatic nitrogens is 1. The van der Waals surface area contributed by atoms with Crippen molar-refractivity contribution in [3.05, 3.63) is 59.8 Å². The van der Waals surface area contributed by atoms with E-state index in [2.05, 4.69) is 11.1 Å². The van der Waals surface area contributed by atoms with Crippen molar-refractivity contribution < 1.29 is 14.2 Å². The van der Waals surface area contributed by atoms with Crippen LogP contribution in [0.3, 0.4) is 0 Å². The molecule has 3 rings (SSSR count). The molecule has 0 aliphatic carbocycles. The van der Waals surface area contributed by atoms with Crippen LogP contribution < -0.4 is 4.74 Å². The Kier molecular flexibility index (Phi) is 5.32. The number of benzene rings is 1. The Hall–Kier alpha value is -2.42. The molecule has 0 N–H and O–H groups in total. The molecule has 1 fully saturated rings. The summed E-state index contributed by atoms with van der Waals surface area (Å²) in [5.74, 6) is 0.574. The SMILES string of the molecule is CCC1(CC(OC)c2ccc(OCc3ccccc3)nc2)OC1C#N. The van der Waals surface area contributed by atoms with Gasteiger partial charge in [0.1, 0.15) is 12.2 Å². The van der Waals surface area contributed by atoms with E-state index in [4.69, 9.17) is 19.5 Å². The third-order valence-corrected chi connectivity index (χ3v) is 4.66. The first kappa shape index (κ1) is 17.4. The van der Waals surface area contributed by atoms with Gasteiger partial charge in [-0.3, -0.25) is 0 Å². The molecule has 5 heteroatoms. The summed E-state index contributed by atoms with van der Waals surface area (Å²) in [7, 11) is 1.66. The first-order chi connectivity index (χ1) is 12.2. The Bertz CT molecular complexity index is 727. The topological polar surface area (TPSA) is 67.7 Å². The Balaban J connectivity index is 1.61. The van der Waals surface area contributed by atoms with Gasteiger partial charge in [-0.25, -0.2) is 4.98 Å². The van der Waals surface area contributed by atoms with E-state index in [0.717, 1.165) is 17.5 Å². The summed E-state index contributed by atoms with van der Waals surface area (Å²) in [6.45, 7) is 2.51. The van der Waals surface area contributed by atoms with Crippen LogP contribution >= 0.6 is 0 Å². The van der Waals surface area contributed by atoms with Crippen molar-refractivity contribution in [1.82, 2.24) is 4.98 Å². The molecule has 3 unspecified atom stereocenters. The largest absolute Gasteiger partial charge is 0.473 e. The van der Waals surface area contributed by atoms with E-state index in [9.17, 15) is 0 Å². The predicted molar refractivity (Wildman–Crippen MR) is 92.9 cm³/mol. The highest BCUT2D eigenvalue weighted by Gasteiger charge is 2.56. The lowest BCUT2D eigenvalue weighted by atomic mass is 9.92. The third-order valence-electron chi connectivity index (χ3n) is 4.66. The third kappa shape index (κ3) is 3.98.